The van der Waals surface area contributed by atoms with E-state index in [1.807, 2.05) is 23.9 Å². The molecule has 0 amide bonds. The van der Waals surface area contributed by atoms with Crippen molar-refractivity contribution in [1.82, 2.24) is 9.80 Å². The van der Waals surface area contributed by atoms with E-state index in [0.717, 1.165) is 28.6 Å². The maximum Gasteiger partial charge on any atom is 0.122 e. The summed E-state index contributed by atoms with van der Waals surface area (Å²) in [5.74, 6) is 1.88. The van der Waals surface area contributed by atoms with E-state index in [1.54, 1.807) is 7.11 Å². The minimum atomic E-state index is 0.719. The first-order chi connectivity index (χ1) is 14.2. The molecule has 2 aromatic rings. The van der Waals surface area contributed by atoms with E-state index < -0.39 is 0 Å². The molecule has 29 heavy (non-hydrogen) atoms. The molecule has 0 N–H and O–H groups in total. The van der Waals surface area contributed by atoms with Gasteiger partial charge in [0.05, 0.1) is 7.11 Å². The zero-order valence-corrected chi connectivity index (χ0v) is 19.7. The van der Waals surface area contributed by atoms with Crippen LogP contribution in [0.25, 0.3) is 0 Å². The van der Waals surface area contributed by atoms with Crippen molar-refractivity contribution in [2.75, 3.05) is 33.3 Å². The van der Waals surface area contributed by atoms with Crippen LogP contribution >= 0.6 is 27.7 Å². The largest absolute Gasteiger partial charge is 0.496 e. The summed E-state index contributed by atoms with van der Waals surface area (Å²) in [5, 5.41) is 0. The molecular formula is C24H31BrN2OS. The zero-order chi connectivity index (χ0) is 20.1. The molecule has 1 unspecified atom stereocenters. The van der Waals surface area contributed by atoms with Gasteiger partial charge in [0, 0.05) is 39.8 Å². The number of nitrogens with zero attached hydrogens (tertiary/aromatic N) is 2. The van der Waals surface area contributed by atoms with Crippen molar-refractivity contribution < 1.29 is 4.74 Å². The highest BCUT2D eigenvalue weighted by atomic mass is 79.9. The van der Waals surface area contributed by atoms with Crippen molar-refractivity contribution in [1.29, 1.82) is 0 Å². The standard InChI is InChI=1S/C24H31BrN2OS/c1-28-23-11-10-21(25)15-20(23)18-29-24-9-3-2-7-19(24)16-27-14-6-8-22(27)17-26-12-4-5-13-26/h2-3,7,9-11,15,22H,4-6,8,12-14,16-18H2,1H3. The lowest BCUT2D eigenvalue weighted by Gasteiger charge is -2.29. The molecule has 0 saturated carbocycles. The highest BCUT2D eigenvalue weighted by molar-refractivity contribution is 9.10. The lowest BCUT2D eigenvalue weighted by atomic mass is 10.1. The van der Waals surface area contributed by atoms with E-state index >= 15 is 0 Å². The maximum atomic E-state index is 5.56. The highest BCUT2D eigenvalue weighted by Gasteiger charge is 2.27. The number of halogens is 1. The molecule has 2 aliphatic rings. The molecule has 2 aliphatic heterocycles. The first kappa shape index (κ1) is 21.2. The van der Waals surface area contributed by atoms with E-state index in [0.29, 0.717) is 0 Å². The normalized spacial score (nSPS) is 20.4. The average Bonchev–Trinajstić information content (AvgIpc) is 3.40. The molecule has 3 nitrogen and oxygen atoms in total. The van der Waals surface area contributed by atoms with Gasteiger partial charge in [0.25, 0.3) is 0 Å². The molecule has 5 heteroatoms. The molecule has 2 fully saturated rings. The van der Waals surface area contributed by atoms with Gasteiger partial charge in [0.2, 0.25) is 0 Å². The smallest absolute Gasteiger partial charge is 0.122 e. The maximum absolute atomic E-state index is 5.56. The SMILES string of the molecule is COc1ccc(Br)cc1CSc1ccccc1CN1CCCC1CN1CCCC1. The quantitative estimate of drug-likeness (QED) is 0.448. The van der Waals surface area contributed by atoms with Gasteiger partial charge in [0.15, 0.2) is 0 Å². The van der Waals surface area contributed by atoms with Crippen LogP contribution in [0, 0.1) is 0 Å². The third kappa shape index (κ3) is 5.57. The Hall–Kier alpha value is -1.01. The van der Waals surface area contributed by atoms with Crippen LogP contribution in [0.3, 0.4) is 0 Å². The second-order valence-corrected chi connectivity index (χ2v) is 10.1. The summed E-state index contributed by atoms with van der Waals surface area (Å²) in [5.41, 5.74) is 2.69. The van der Waals surface area contributed by atoms with E-state index in [4.69, 9.17) is 4.74 Å². The van der Waals surface area contributed by atoms with E-state index in [2.05, 4.69) is 56.1 Å². The Labute approximate surface area is 187 Å². The van der Waals surface area contributed by atoms with Crippen molar-refractivity contribution in [3.8, 4) is 5.75 Å². The Bertz CT molecular complexity index is 809. The van der Waals surface area contributed by atoms with Gasteiger partial charge in [-0.1, -0.05) is 34.1 Å². The van der Waals surface area contributed by atoms with Crippen LogP contribution in [0.15, 0.2) is 51.8 Å². The van der Waals surface area contributed by atoms with E-state index in [9.17, 15) is 0 Å². The lowest BCUT2D eigenvalue weighted by Crippen LogP contribution is -2.39. The Morgan fingerprint density at radius 3 is 2.69 bits per heavy atom. The Kier molecular flexibility index (Phi) is 7.57. The van der Waals surface area contributed by atoms with Gasteiger partial charge < -0.3 is 9.64 Å². The van der Waals surface area contributed by atoms with Gasteiger partial charge >= 0.3 is 0 Å². The van der Waals surface area contributed by atoms with Crippen molar-refractivity contribution in [2.45, 2.75) is 48.9 Å². The average molecular weight is 475 g/mol. The number of likely N-dealkylation sites (tertiary alicyclic amines) is 2. The number of thioether (sulfide) groups is 1. The van der Waals surface area contributed by atoms with Crippen molar-refractivity contribution >= 4 is 27.7 Å². The van der Waals surface area contributed by atoms with Gasteiger partial charge in [-0.3, -0.25) is 4.90 Å². The second-order valence-electron chi connectivity index (χ2n) is 8.13. The Morgan fingerprint density at radius 1 is 1.03 bits per heavy atom. The third-order valence-electron chi connectivity index (χ3n) is 6.14. The molecule has 0 bridgehead atoms. The van der Waals surface area contributed by atoms with E-state index in [-0.39, 0.29) is 0 Å². The van der Waals surface area contributed by atoms with Gasteiger partial charge in [-0.15, -0.1) is 11.8 Å². The minimum Gasteiger partial charge on any atom is -0.496 e. The topological polar surface area (TPSA) is 15.7 Å². The van der Waals surface area contributed by atoms with Crippen LogP contribution < -0.4 is 4.74 Å². The molecule has 2 saturated heterocycles. The number of hydrogen-bond donors (Lipinski definition) is 0. The summed E-state index contributed by atoms with van der Waals surface area (Å²) in [6.45, 7) is 6.15. The summed E-state index contributed by atoms with van der Waals surface area (Å²) >= 11 is 5.51. The molecule has 0 aliphatic carbocycles. The van der Waals surface area contributed by atoms with Gasteiger partial charge in [-0.25, -0.2) is 0 Å². The Morgan fingerprint density at radius 2 is 1.86 bits per heavy atom. The van der Waals surface area contributed by atoms with Crippen LogP contribution in [0.1, 0.15) is 36.8 Å². The summed E-state index contributed by atoms with van der Waals surface area (Å²) in [6, 6.07) is 15.9. The van der Waals surface area contributed by atoms with Crippen molar-refractivity contribution in [3.63, 3.8) is 0 Å². The third-order valence-corrected chi connectivity index (χ3v) is 7.80. The number of methoxy groups -OCH3 is 1. The van der Waals surface area contributed by atoms with E-state index in [1.165, 1.54) is 67.9 Å². The first-order valence-electron chi connectivity index (χ1n) is 10.7. The monoisotopic (exact) mass is 474 g/mol. The molecule has 0 spiro atoms. The molecule has 156 valence electrons. The summed E-state index contributed by atoms with van der Waals surface area (Å²) in [7, 11) is 1.75. The van der Waals surface area contributed by atoms with Gasteiger partial charge in [-0.2, -0.15) is 0 Å². The summed E-state index contributed by atoms with van der Waals surface area (Å²) in [4.78, 5) is 6.78. The number of ether oxygens (including phenoxy) is 1. The van der Waals surface area contributed by atoms with Crippen LogP contribution in [0.4, 0.5) is 0 Å². The van der Waals surface area contributed by atoms with Crippen LogP contribution in [0.5, 0.6) is 5.75 Å². The lowest BCUT2D eigenvalue weighted by molar-refractivity contribution is 0.184. The minimum absolute atomic E-state index is 0.719. The van der Waals surface area contributed by atoms with Crippen LogP contribution in [0.2, 0.25) is 0 Å². The van der Waals surface area contributed by atoms with Crippen LogP contribution in [-0.2, 0) is 12.3 Å². The molecule has 0 radical (unpaired) electrons. The van der Waals surface area contributed by atoms with Crippen LogP contribution in [-0.4, -0.2) is 49.1 Å². The molecule has 2 aromatic carbocycles. The predicted molar refractivity (Wildman–Crippen MR) is 126 cm³/mol. The molecular weight excluding hydrogens is 444 g/mol. The first-order valence-corrected chi connectivity index (χ1v) is 12.5. The van der Waals surface area contributed by atoms with Crippen molar-refractivity contribution in [3.05, 3.63) is 58.1 Å². The Balaban J connectivity index is 1.42. The second kappa shape index (κ2) is 10.3. The predicted octanol–water partition coefficient (Wildman–Crippen LogP) is 5.81. The molecule has 1 atom stereocenters. The van der Waals surface area contributed by atoms with Gasteiger partial charge in [0.1, 0.15) is 5.75 Å². The number of rotatable bonds is 8. The fraction of sp³-hybridized carbons (Fsp3) is 0.500. The fourth-order valence-corrected chi connectivity index (χ4v) is 6.02. The van der Waals surface area contributed by atoms with Gasteiger partial charge in [-0.05, 0) is 75.1 Å². The molecule has 4 rings (SSSR count). The highest BCUT2D eigenvalue weighted by Crippen LogP contribution is 2.33. The zero-order valence-electron chi connectivity index (χ0n) is 17.3. The molecule has 2 heterocycles. The molecule has 0 aromatic heterocycles. The number of benzene rings is 2. The number of hydrogen-bond acceptors (Lipinski definition) is 4. The fourth-order valence-electron chi connectivity index (χ4n) is 4.58. The summed E-state index contributed by atoms with van der Waals surface area (Å²) < 4.78 is 6.66. The van der Waals surface area contributed by atoms with Crippen molar-refractivity contribution in [2.24, 2.45) is 0 Å². The summed E-state index contributed by atoms with van der Waals surface area (Å²) in [6.07, 6.45) is 5.45.